The van der Waals surface area contributed by atoms with Crippen molar-refractivity contribution >= 4 is 11.4 Å². The van der Waals surface area contributed by atoms with Gasteiger partial charge in [0.1, 0.15) is 0 Å². The number of hydrogen-bond acceptors (Lipinski definition) is 4. The Morgan fingerprint density at radius 2 is 1.50 bits per heavy atom. The molecule has 5 nitrogen and oxygen atoms in total. The minimum atomic E-state index is -0.0316. The summed E-state index contributed by atoms with van der Waals surface area (Å²) >= 11 is 0. The highest BCUT2D eigenvalue weighted by atomic mass is 16.3. The van der Waals surface area contributed by atoms with E-state index in [9.17, 15) is 5.11 Å². The maximum Gasteiger partial charge on any atom is 0.242 e. The van der Waals surface area contributed by atoms with E-state index < -0.39 is 0 Å². The van der Waals surface area contributed by atoms with Gasteiger partial charge in [-0.2, -0.15) is 14.9 Å². The van der Waals surface area contributed by atoms with Crippen LogP contribution in [0.25, 0.3) is 5.69 Å². The normalized spacial score (nSPS) is 11.0. The summed E-state index contributed by atoms with van der Waals surface area (Å²) in [5, 5.41) is 22.3. The summed E-state index contributed by atoms with van der Waals surface area (Å²) in [5.74, 6) is -0.0316. The SMILES string of the molecule is Oc1c(N=Nc2ccccc2)cnn1-c1ccccc1. The van der Waals surface area contributed by atoms with E-state index in [1.54, 1.807) is 0 Å². The Morgan fingerprint density at radius 1 is 0.850 bits per heavy atom. The Hall–Kier alpha value is -2.95. The van der Waals surface area contributed by atoms with E-state index in [1.807, 2.05) is 60.7 Å². The first-order valence-electron chi connectivity index (χ1n) is 6.14. The van der Waals surface area contributed by atoms with Crippen LogP contribution in [0.1, 0.15) is 0 Å². The predicted octanol–water partition coefficient (Wildman–Crippen LogP) is 3.99. The Kier molecular flexibility index (Phi) is 3.24. The maximum absolute atomic E-state index is 10.1. The predicted molar refractivity (Wildman–Crippen MR) is 75.8 cm³/mol. The Morgan fingerprint density at radius 3 is 2.20 bits per heavy atom. The lowest BCUT2D eigenvalue weighted by Gasteiger charge is -2.01. The number of rotatable bonds is 3. The van der Waals surface area contributed by atoms with Crippen LogP contribution in [-0.2, 0) is 0 Å². The van der Waals surface area contributed by atoms with Crippen LogP contribution in [0.5, 0.6) is 5.88 Å². The molecule has 98 valence electrons. The van der Waals surface area contributed by atoms with Crippen LogP contribution in [0, 0.1) is 0 Å². The molecule has 0 aliphatic carbocycles. The lowest BCUT2D eigenvalue weighted by molar-refractivity contribution is 0.434. The first kappa shape index (κ1) is 12.1. The smallest absolute Gasteiger partial charge is 0.242 e. The third-order valence-corrected chi connectivity index (χ3v) is 2.76. The molecule has 1 N–H and O–H groups in total. The van der Waals surface area contributed by atoms with E-state index in [0.717, 1.165) is 11.4 Å². The molecular weight excluding hydrogens is 252 g/mol. The highest BCUT2D eigenvalue weighted by molar-refractivity contribution is 5.49. The van der Waals surface area contributed by atoms with E-state index in [1.165, 1.54) is 10.9 Å². The van der Waals surface area contributed by atoms with E-state index >= 15 is 0 Å². The van der Waals surface area contributed by atoms with Crippen LogP contribution < -0.4 is 0 Å². The lowest BCUT2D eigenvalue weighted by atomic mass is 10.3. The van der Waals surface area contributed by atoms with E-state index in [-0.39, 0.29) is 5.88 Å². The third-order valence-electron chi connectivity index (χ3n) is 2.76. The number of hydrogen-bond donors (Lipinski definition) is 1. The van der Waals surface area contributed by atoms with Gasteiger partial charge in [0.2, 0.25) is 5.88 Å². The number of para-hydroxylation sites is 1. The van der Waals surface area contributed by atoms with Crippen LogP contribution in [0.3, 0.4) is 0 Å². The third kappa shape index (κ3) is 2.42. The second-order valence-corrected chi connectivity index (χ2v) is 4.14. The molecule has 0 fully saturated rings. The van der Waals surface area contributed by atoms with Gasteiger partial charge in [0, 0.05) is 0 Å². The van der Waals surface area contributed by atoms with Gasteiger partial charge in [0.15, 0.2) is 5.69 Å². The average molecular weight is 264 g/mol. The largest absolute Gasteiger partial charge is 0.492 e. The fourth-order valence-electron chi connectivity index (χ4n) is 1.77. The van der Waals surface area contributed by atoms with Gasteiger partial charge in [0.05, 0.1) is 17.6 Å². The fourth-order valence-corrected chi connectivity index (χ4v) is 1.77. The van der Waals surface area contributed by atoms with Gasteiger partial charge in [-0.05, 0) is 24.3 Å². The van der Waals surface area contributed by atoms with Crippen molar-refractivity contribution in [2.24, 2.45) is 10.2 Å². The molecular formula is C15H12N4O. The van der Waals surface area contributed by atoms with Crippen molar-refractivity contribution in [2.45, 2.75) is 0 Å². The standard InChI is InChI=1S/C15H12N4O/c20-15-14(18-17-12-7-3-1-4-8-12)11-16-19(15)13-9-5-2-6-10-13/h1-11,20H. The number of benzene rings is 2. The quantitative estimate of drug-likeness (QED) is 0.727. The van der Waals surface area contributed by atoms with Gasteiger partial charge in [-0.1, -0.05) is 36.4 Å². The first-order valence-corrected chi connectivity index (χ1v) is 6.14. The molecule has 3 rings (SSSR count). The van der Waals surface area contributed by atoms with Crippen LogP contribution >= 0.6 is 0 Å². The maximum atomic E-state index is 10.1. The molecule has 0 aliphatic rings. The van der Waals surface area contributed by atoms with Crippen molar-refractivity contribution < 1.29 is 5.11 Å². The molecule has 0 spiro atoms. The molecule has 0 bridgehead atoms. The van der Waals surface area contributed by atoms with Crippen LogP contribution in [-0.4, -0.2) is 14.9 Å². The van der Waals surface area contributed by atoms with Gasteiger partial charge in [0.25, 0.3) is 0 Å². The van der Waals surface area contributed by atoms with E-state index in [0.29, 0.717) is 5.69 Å². The number of aromatic nitrogens is 2. The van der Waals surface area contributed by atoms with Gasteiger partial charge < -0.3 is 5.11 Å². The summed E-state index contributed by atoms with van der Waals surface area (Å²) in [7, 11) is 0. The molecule has 0 radical (unpaired) electrons. The molecule has 0 amide bonds. The van der Waals surface area contributed by atoms with Gasteiger partial charge in [-0.3, -0.25) is 0 Å². The Balaban J connectivity index is 1.90. The van der Waals surface area contributed by atoms with Crippen molar-refractivity contribution in [3.63, 3.8) is 0 Å². The second-order valence-electron chi connectivity index (χ2n) is 4.14. The zero-order chi connectivity index (χ0) is 13.8. The minimum absolute atomic E-state index is 0.0316. The first-order chi connectivity index (χ1) is 9.84. The van der Waals surface area contributed by atoms with Crippen molar-refractivity contribution in [1.82, 2.24) is 9.78 Å². The molecule has 3 aromatic rings. The molecule has 0 atom stereocenters. The lowest BCUT2D eigenvalue weighted by Crippen LogP contribution is -1.93. The summed E-state index contributed by atoms with van der Waals surface area (Å²) in [4.78, 5) is 0. The fraction of sp³-hybridized carbons (Fsp3) is 0. The van der Waals surface area contributed by atoms with Crippen LogP contribution in [0.15, 0.2) is 77.1 Å². The topological polar surface area (TPSA) is 62.8 Å². The molecule has 0 saturated heterocycles. The summed E-state index contributed by atoms with van der Waals surface area (Å²) < 4.78 is 1.42. The summed E-state index contributed by atoms with van der Waals surface area (Å²) in [6.07, 6.45) is 1.48. The van der Waals surface area contributed by atoms with Gasteiger partial charge in [-0.25, -0.2) is 0 Å². The summed E-state index contributed by atoms with van der Waals surface area (Å²) in [5.41, 5.74) is 1.82. The monoisotopic (exact) mass is 264 g/mol. The minimum Gasteiger partial charge on any atom is -0.492 e. The zero-order valence-corrected chi connectivity index (χ0v) is 10.6. The number of aromatic hydroxyl groups is 1. The average Bonchev–Trinajstić information content (AvgIpc) is 2.88. The van der Waals surface area contributed by atoms with Crippen LogP contribution in [0.4, 0.5) is 11.4 Å². The van der Waals surface area contributed by atoms with Gasteiger partial charge in [-0.15, -0.1) is 5.11 Å². The van der Waals surface area contributed by atoms with E-state index in [2.05, 4.69) is 15.3 Å². The molecule has 0 aliphatic heterocycles. The zero-order valence-electron chi connectivity index (χ0n) is 10.6. The van der Waals surface area contributed by atoms with Gasteiger partial charge >= 0.3 is 0 Å². The number of azo groups is 1. The highest BCUT2D eigenvalue weighted by Crippen LogP contribution is 2.29. The molecule has 2 aromatic carbocycles. The molecule has 20 heavy (non-hydrogen) atoms. The summed E-state index contributed by atoms with van der Waals surface area (Å²) in [6.45, 7) is 0. The Bertz CT molecular complexity index is 720. The van der Waals surface area contributed by atoms with E-state index in [4.69, 9.17) is 0 Å². The van der Waals surface area contributed by atoms with Crippen molar-refractivity contribution in [3.8, 4) is 11.6 Å². The van der Waals surface area contributed by atoms with Crippen LogP contribution in [0.2, 0.25) is 0 Å². The Labute approximate surface area is 115 Å². The van der Waals surface area contributed by atoms with Crippen molar-refractivity contribution in [3.05, 3.63) is 66.9 Å². The van der Waals surface area contributed by atoms with Crippen molar-refractivity contribution in [2.75, 3.05) is 0 Å². The second kappa shape index (κ2) is 5.36. The van der Waals surface area contributed by atoms with Crippen molar-refractivity contribution in [1.29, 1.82) is 0 Å². The molecule has 1 aromatic heterocycles. The molecule has 5 heteroatoms. The highest BCUT2D eigenvalue weighted by Gasteiger charge is 2.10. The summed E-state index contributed by atoms with van der Waals surface area (Å²) in [6, 6.07) is 18.7. The number of nitrogens with zero attached hydrogens (tertiary/aromatic N) is 4. The molecule has 0 unspecified atom stereocenters. The molecule has 1 heterocycles. The molecule has 0 saturated carbocycles.